The maximum absolute atomic E-state index is 12.0. The first-order valence-electron chi connectivity index (χ1n) is 6.22. The van der Waals surface area contributed by atoms with E-state index in [1.807, 2.05) is 36.4 Å². The standard InChI is InChI=1S/C15H14O4/c16-15(19-14-10-17-7-8-18-14)13-6-5-11-3-1-2-4-12(11)9-13/h1-6,9,14H,7-8,10H2. The second-order valence-electron chi connectivity index (χ2n) is 4.34. The summed E-state index contributed by atoms with van der Waals surface area (Å²) in [4.78, 5) is 12.0. The van der Waals surface area contributed by atoms with Crippen molar-refractivity contribution in [2.24, 2.45) is 0 Å². The van der Waals surface area contributed by atoms with Crippen LogP contribution in [0.2, 0.25) is 0 Å². The van der Waals surface area contributed by atoms with Crippen molar-refractivity contribution < 1.29 is 19.0 Å². The minimum atomic E-state index is -0.604. The lowest BCUT2D eigenvalue weighted by atomic mass is 10.1. The van der Waals surface area contributed by atoms with Crippen LogP contribution in [0.1, 0.15) is 10.4 Å². The van der Waals surface area contributed by atoms with Gasteiger partial charge in [0.1, 0.15) is 6.61 Å². The molecule has 1 fully saturated rings. The Balaban J connectivity index is 1.77. The molecule has 1 aliphatic rings. The molecule has 0 amide bonds. The van der Waals surface area contributed by atoms with Crippen LogP contribution in [0.15, 0.2) is 42.5 Å². The van der Waals surface area contributed by atoms with Crippen molar-refractivity contribution >= 4 is 16.7 Å². The van der Waals surface area contributed by atoms with E-state index in [9.17, 15) is 4.79 Å². The zero-order valence-corrected chi connectivity index (χ0v) is 10.4. The Morgan fingerprint density at radius 2 is 1.95 bits per heavy atom. The summed E-state index contributed by atoms with van der Waals surface area (Å²) in [7, 11) is 0. The monoisotopic (exact) mass is 258 g/mol. The summed E-state index contributed by atoms with van der Waals surface area (Å²) in [5, 5.41) is 2.11. The molecule has 0 radical (unpaired) electrons. The lowest BCUT2D eigenvalue weighted by Crippen LogP contribution is -2.32. The van der Waals surface area contributed by atoms with Crippen LogP contribution in [0.4, 0.5) is 0 Å². The summed E-state index contributed by atoms with van der Waals surface area (Å²) < 4.78 is 15.7. The second kappa shape index (κ2) is 5.38. The summed E-state index contributed by atoms with van der Waals surface area (Å²) >= 11 is 0. The molecule has 0 bridgehead atoms. The van der Waals surface area contributed by atoms with E-state index in [0.717, 1.165) is 10.8 Å². The highest BCUT2D eigenvalue weighted by Crippen LogP contribution is 2.17. The average molecular weight is 258 g/mol. The molecule has 1 saturated heterocycles. The summed E-state index contributed by atoms with van der Waals surface area (Å²) in [6.07, 6.45) is -0.604. The molecule has 0 aliphatic carbocycles. The molecule has 1 heterocycles. The highest BCUT2D eigenvalue weighted by Gasteiger charge is 2.19. The predicted octanol–water partition coefficient (Wildman–Crippen LogP) is 2.37. The van der Waals surface area contributed by atoms with Crippen LogP contribution in [0.25, 0.3) is 10.8 Å². The van der Waals surface area contributed by atoms with Gasteiger partial charge in [0.05, 0.1) is 18.8 Å². The highest BCUT2D eigenvalue weighted by molar-refractivity contribution is 5.95. The first-order valence-corrected chi connectivity index (χ1v) is 6.22. The number of esters is 1. The Hall–Kier alpha value is -1.91. The van der Waals surface area contributed by atoms with Gasteiger partial charge in [0, 0.05) is 0 Å². The molecule has 0 N–H and O–H groups in total. The number of ether oxygens (including phenoxy) is 3. The summed E-state index contributed by atoms with van der Waals surface area (Å²) in [5.74, 6) is -0.388. The number of rotatable bonds is 2. The van der Waals surface area contributed by atoms with E-state index >= 15 is 0 Å². The zero-order valence-electron chi connectivity index (χ0n) is 10.4. The minimum Gasteiger partial charge on any atom is -0.430 e. The van der Waals surface area contributed by atoms with Gasteiger partial charge in [-0.15, -0.1) is 0 Å². The fourth-order valence-corrected chi connectivity index (χ4v) is 2.04. The van der Waals surface area contributed by atoms with Gasteiger partial charge in [0.2, 0.25) is 6.29 Å². The molecule has 19 heavy (non-hydrogen) atoms. The first-order chi connectivity index (χ1) is 9.33. The van der Waals surface area contributed by atoms with Crippen molar-refractivity contribution in [1.82, 2.24) is 0 Å². The Morgan fingerprint density at radius 1 is 1.11 bits per heavy atom. The van der Waals surface area contributed by atoms with Crippen LogP contribution in [0.3, 0.4) is 0 Å². The molecular weight excluding hydrogens is 244 g/mol. The van der Waals surface area contributed by atoms with Crippen LogP contribution in [-0.4, -0.2) is 32.1 Å². The van der Waals surface area contributed by atoms with E-state index in [4.69, 9.17) is 14.2 Å². The van der Waals surface area contributed by atoms with E-state index in [1.54, 1.807) is 6.07 Å². The van der Waals surface area contributed by atoms with Gasteiger partial charge in [0.15, 0.2) is 0 Å². The molecular formula is C15H14O4. The molecule has 98 valence electrons. The molecule has 4 heteroatoms. The molecule has 0 aromatic heterocycles. The van der Waals surface area contributed by atoms with E-state index in [2.05, 4.69) is 0 Å². The van der Waals surface area contributed by atoms with Gasteiger partial charge < -0.3 is 14.2 Å². The fraction of sp³-hybridized carbons (Fsp3) is 0.267. The molecule has 1 unspecified atom stereocenters. The summed E-state index contributed by atoms with van der Waals surface area (Å²) in [6.45, 7) is 1.29. The van der Waals surface area contributed by atoms with E-state index in [0.29, 0.717) is 25.4 Å². The second-order valence-corrected chi connectivity index (χ2v) is 4.34. The van der Waals surface area contributed by atoms with Crippen LogP contribution in [0, 0.1) is 0 Å². The maximum atomic E-state index is 12.0. The largest absolute Gasteiger partial charge is 0.430 e. The van der Waals surface area contributed by atoms with Crippen molar-refractivity contribution in [3.8, 4) is 0 Å². The van der Waals surface area contributed by atoms with Crippen LogP contribution >= 0.6 is 0 Å². The van der Waals surface area contributed by atoms with E-state index in [-0.39, 0.29) is 5.97 Å². The van der Waals surface area contributed by atoms with Gasteiger partial charge in [0.25, 0.3) is 0 Å². The lowest BCUT2D eigenvalue weighted by Gasteiger charge is -2.22. The van der Waals surface area contributed by atoms with Crippen LogP contribution in [0.5, 0.6) is 0 Å². The van der Waals surface area contributed by atoms with E-state index < -0.39 is 6.29 Å². The molecule has 3 rings (SSSR count). The Labute approximate surface area is 110 Å². The average Bonchev–Trinajstić information content (AvgIpc) is 2.48. The number of hydrogen-bond acceptors (Lipinski definition) is 4. The maximum Gasteiger partial charge on any atom is 0.340 e. The minimum absolute atomic E-state index is 0.291. The fourth-order valence-electron chi connectivity index (χ4n) is 2.04. The van der Waals surface area contributed by atoms with Gasteiger partial charge in [-0.3, -0.25) is 0 Å². The molecule has 1 aliphatic heterocycles. The third-order valence-electron chi connectivity index (χ3n) is 3.01. The van der Waals surface area contributed by atoms with Crippen molar-refractivity contribution in [3.05, 3.63) is 48.0 Å². The third-order valence-corrected chi connectivity index (χ3v) is 3.01. The molecule has 2 aromatic rings. The van der Waals surface area contributed by atoms with Crippen molar-refractivity contribution in [2.45, 2.75) is 6.29 Å². The quantitative estimate of drug-likeness (QED) is 0.776. The highest BCUT2D eigenvalue weighted by atomic mass is 16.7. The Morgan fingerprint density at radius 3 is 2.74 bits per heavy atom. The summed E-state index contributed by atoms with van der Waals surface area (Å²) in [5.41, 5.74) is 0.521. The van der Waals surface area contributed by atoms with Crippen molar-refractivity contribution in [2.75, 3.05) is 19.8 Å². The smallest absolute Gasteiger partial charge is 0.340 e. The van der Waals surface area contributed by atoms with Gasteiger partial charge in [-0.25, -0.2) is 4.79 Å². The number of hydrogen-bond donors (Lipinski definition) is 0. The predicted molar refractivity (Wildman–Crippen MR) is 69.9 cm³/mol. The molecule has 4 nitrogen and oxygen atoms in total. The van der Waals surface area contributed by atoms with Crippen LogP contribution < -0.4 is 0 Å². The number of fused-ring (bicyclic) bond motifs is 1. The number of benzene rings is 2. The van der Waals surface area contributed by atoms with Crippen molar-refractivity contribution in [3.63, 3.8) is 0 Å². The molecule has 2 aromatic carbocycles. The van der Waals surface area contributed by atoms with Gasteiger partial charge in [-0.1, -0.05) is 30.3 Å². The first kappa shape index (κ1) is 12.1. The van der Waals surface area contributed by atoms with Crippen LogP contribution in [-0.2, 0) is 14.2 Å². The number of carbonyl (C=O) groups excluding carboxylic acids is 1. The molecule has 0 spiro atoms. The Bertz CT molecular complexity index is 587. The van der Waals surface area contributed by atoms with E-state index in [1.165, 1.54) is 0 Å². The number of carbonyl (C=O) groups is 1. The topological polar surface area (TPSA) is 44.8 Å². The zero-order chi connectivity index (χ0) is 13.1. The van der Waals surface area contributed by atoms with Crippen molar-refractivity contribution in [1.29, 1.82) is 0 Å². The van der Waals surface area contributed by atoms with Gasteiger partial charge in [-0.2, -0.15) is 0 Å². The Kier molecular flexibility index (Phi) is 3.44. The normalized spacial score (nSPS) is 19.3. The third kappa shape index (κ3) is 2.75. The summed E-state index contributed by atoms with van der Waals surface area (Å²) in [6, 6.07) is 13.4. The lowest BCUT2D eigenvalue weighted by molar-refractivity contribution is -0.186. The molecule has 0 saturated carbocycles. The van der Waals surface area contributed by atoms with Gasteiger partial charge in [-0.05, 0) is 22.9 Å². The molecule has 1 atom stereocenters. The SMILES string of the molecule is O=C(OC1COCCO1)c1ccc2ccccc2c1. The van der Waals surface area contributed by atoms with Gasteiger partial charge >= 0.3 is 5.97 Å².